The minimum absolute atomic E-state index is 0.194. The highest BCUT2D eigenvalue weighted by Crippen LogP contribution is 2.37. The van der Waals surface area contributed by atoms with Crippen LogP contribution < -0.4 is 15.4 Å². The van der Waals surface area contributed by atoms with Gasteiger partial charge >= 0.3 is 6.01 Å². The number of fused-ring (bicyclic) bond motifs is 2. The quantitative estimate of drug-likeness (QED) is 0.689. The van der Waals surface area contributed by atoms with Crippen molar-refractivity contribution in [1.29, 1.82) is 0 Å². The number of benzene rings is 2. The summed E-state index contributed by atoms with van der Waals surface area (Å²) in [5.74, 6) is 0.744. The number of hydrogen-bond donors (Lipinski definition) is 2. The molecule has 1 unspecified atom stereocenters. The van der Waals surface area contributed by atoms with Crippen LogP contribution in [0.5, 0.6) is 11.8 Å². The fraction of sp³-hybridized carbons (Fsp3) is 0.364. The van der Waals surface area contributed by atoms with Crippen molar-refractivity contribution >= 4 is 22.3 Å². The smallest absolute Gasteiger partial charge is 0.318 e. The number of nitrogens with two attached hydrogens (primary N) is 1. The molecule has 0 bridgehead atoms. The monoisotopic (exact) mass is 393 g/mol. The number of phenols is 1. The van der Waals surface area contributed by atoms with E-state index in [0.717, 1.165) is 40.7 Å². The molecule has 1 aliphatic rings. The Hall–Kier alpha value is -3.06. The average Bonchev–Trinajstić information content (AvgIpc) is 2.67. The van der Waals surface area contributed by atoms with Crippen molar-refractivity contribution in [3.63, 3.8) is 0 Å². The zero-order chi connectivity index (χ0) is 20.5. The van der Waals surface area contributed by atoms with Crippen molar-refractivity contribution in [2.45, 2.75) is 25.9 Å². The molecule has 2 aromatic carbocycles. The predicted octanol–water partition coefficient (Wildman–Crippen LogP) is 2.81. The number of aromatic nitrogens is 2. The summed E-state index contributed by atoms with van der Waals surface area (Å²) >= 11 is 0. The van der Waals surface area contributed by atoms with Gasteiger partial charge in [0, 0.05) is 35.3 Å². The number of rotatable bonds is 5. The molecule has 152 valence electrons. The standard InChI is InChI=1S/C22H27N5O2/c1-14-10-18-19(24-22(25-21(18)23)29-9-8-26(2)3)13-27(14)20-12-16(28)11-15-6-4-5-7-17(15)20/h4-7,11-12,14,28H,8-10,13H2,1-3H3,(H2,23,24,25). The van der Waals surface area contributed by atoms with E-state index in [1.165, 1.54) is 0 Å². The maximum atomic E-state index is 10.3. The lowest BCUT2D eigenvalue weighted by molar-refractivity contribution is 0.244. The normalized spacial score (nSPS) is 16.3. The van der Waals surface area contributed by atoms with Gasteiger partial charge in [-0.05, 0) is 38.9 Å². The Labute approximate surface area is 170 Å². The van der Waals surface area contributed by atoms with Gasteiger partial charge in [0.15, 0.2) is 0 Å². The number of ether oxygens (including phenoxy) is 1. The Kier molecular flexibility index (Phi) is 5.15. The molecule has 1 aromatic heterocycles. The van der Waals surface area contributed by atoms with Crippen LogP contribution in [-0.4, -0.2) is 53.3 Å². The highest BCUT2D eigenvalue weighted by molar-refractivity contribution is 5.95. The lowest BCUT2D eigenvalue weighted by Crippen LogP contribution is -2.39. The average molecular weight is 393 g/mol. The third kappa shape index (κ3) is 3.91. The van der Waals surface area contributed by atoms with Gasteiger partial charge in [-0.25, -0.2) is 0 Å². The van der Waals surface area contributed by atoms with Gasteiger partial charge in [-0.3, -0.25) is 0 Å². The highest BCUT2D eigenvalue weighted by atomic mass is 16.5. The summed E-state index contributed by atoms with van der Waals surface area (Å²) in [7, 11) is 3.98. The molecule has 3 N–H and O–H groups in total. The van der Waals surface area contributed by atoms with E-state index in [1.807, 2.05) is 43.3 Å². The van der Waals surface area contributed by atoms with Gasteiger partial charge in [0.25, 0.3) is 0 Å². The fourth-order valence-electron chi connectivity index (χ4n) is 3.82. The molecule has 2 heterocycles. The van der Waals surface area contributed by atoms with Gasteiger partial charge in [0.2, 0.25) is 0 Å². The lowest BCUT2D eigenvalue weighted by atomic mass is 9.97. The molecule has 0 spiro atoms. The molecule has 7 heteroatoms. The van der Waals surface area contributed by atoms with Crippen LogP contribution in [0.15, 0.2) is 36.4 Å². The van der Waals surface area contributed by atoms with E-state index in [9.17, 15) is 5.11 Å². The summed E-state index contributed by atoms with van der Waals surface area (Å²) in [5, 5.41) is 12.4. The second kappa shape index (κ2) is 7.75. The van der Waals surface area contributed by atoms with Crippen molar-refractivity contribution in [3.8, 4) is 11.8 Å². The molecule has 0 amide bonds. The molecule has 1 atom stereocenters. The first-order valence-electron chi connectivity index (χ1n) is 9.83. The third-order valence-corrected chi connectivity index (χ3v) is 5.36. The zero-order valence-electron chi connectivity index (χ0n) is 17.1. The highest BCUT2D eigenvalue weighted by Gasteiger charge is 2.28. The van der Waals surface area contributed by atoms with Crippen LogP contribution in [0.3, 0.4) is 0 Å². The van der Waals surface area contributed by atoms with Gasteiger partial charge in [-0.1, -0.05) is 24.3 Å². The summed E-state index contributed by atoms with van der Waals surface area (Å²) in [6.45, 7) is 4.02. The minimum atomic E-state index is 0.194. The first-order chi connectivity index (χ1) is 13.9. The van der Waals surface area contributed by atoms with Gasteiger partial charge < -0.3 is 25.4 Å². The van der Waals surface area contributed by atoms with Crippen molar-refractivity contribution in [2.75, 3.05) is 37.9 Å². The Morgan fingerprint density at radius 2 is 2.03 bits per heavy atom. The second-order valence-electron chi connectivity index (χ2n) is 7.84. The van der Waals surface area contributed by atoms with Crippen LogP contribution in [-0.2, 0) is 13.0 Å². The minimum Gasteiger partial charge on any atom is -0.508 e. The molecule has 29 heavy (non-hydrogen) atoms. The first kappa shape index (κ1) is 19.3. The topological polar surface area (TPSA) is 87.7 Å². The molecule has 0 fully saturated rings. The summed E-state index contributed by atoms with van der Waals surface area (Å²) in [6, 6.07) is 12.2. The molecule has 1 aliphatic heterocycles. The third-order valence-electron chi connectivity index (χ3n) is 5.36. The van der Waals surface area contributed by atoms with Crippen LogP contribution in [0.2, 0.25) is 0 Å². The number of phenolic OH excluding ortho intramolecular Hbond substituents is 1. The molecule has 4 rings (SSSR count). The predicted molar refractivity (Wildman–Crippen MR) is 115 cm³/mol. The van der Waals surface area contributed by atoms with E-state index in [4.69, 9.17) is 10.5 Å². The van der Waals surface area contributed by atoms with Crippen molar-refractivity contribution in [1.82, 2.24) is 14.9 Å². The van der Waals surface area contributed by atoms with Crippen LogP contribution in [0.4, 0.5) is 11.5 Å². The Bertz CT molecular complexity index is 1040. The van der Waals surface area contributed by atoms with Crippen molar-refractivity contribution in [3.05, 3.63) is 47.7 Å². The van der Waals surface area contributed by atoms with Crippen LogP contribution in [0.1, 0.15) is 18.2 Å². The number of anilines is 2. The van der Waals surface area contributed by atoms with Crippen LogP contribution >= 0.6 is 0 Å². The zero-order valence-corrected chi connectivity index (χ0v) is 17.1. The molecule has 7 nitrogen and oxygen atoms in total. The summed E-state index contributed by atoms with van der Waals surface area (Å²) in [4.78, 5) is 13.3. The maximum absolute atomic E-state index is 10.3. The van der Waals surface area contributed by atoms with E-state index in [1.54, 1.807) is 6.07 Å². The van der Waals surface area contributed by atoms with Crippen molar-refractivity contribution < 1.29 is 9.84 Å². The second-order valence-corrected chi connectivity index (χ2v) is 7.84. The van der Waals surface area contributed by atoms with Crippen molar-refractivity contribution in [2.24, 2.45) is 0 Å². The van der Waals surface area contributed by atoms with E-state index < -0.39 is 0 Å². The number of aromatic hydroxyl groups is 1. The molecule has 0 saturated carbocycles. The van der Waals surface area contributed by atoms with Gasteiger partial charge in [0.1, 0.15) is 18.2 Å². The van der Waals surface area contributed by atoms with E-state index in [-0.39, 0.29) is 11.8 Å². The number of nitrogen functional groups attached to an aromatic ring is 1. The van der Waals surface area contributed by atoms with Gasteiger partial charge in [-0.2, -0.15) is 9.97 Å². The summed E-state index contributed by atoms with van der Waals surface area (Å²) in [6.07, 6.45) is 0.739. The summed E-state index contributed by atoms with van der Waals surface area (Å²) in [5.41, 5.74) is 9.09. The molecule has 0 aliphatic carbocycles. The fourth-order valence-corrected chi connectivity index (χ4v) is 3.82. The number of likely N-dealkylation sites (N-methyl/N-ethyl adjacent to an activating group) is 1. The van der Waals surface area contributed by atoms with Gasteiger partial charge in [0.05, 0.1) is 12.2 Å². The van der Waals surface area contributed by atoms with Crippen LogP contribution in [0, 0.1) is 0 Å². The molecule has 0 saturated heterocycles. The summed E-state index contributed by atoms with van der Waals surface area (Å²) < 4.78 is 5.72. The molecule has 3 aromatic rings. The number of hydrogen-bond acceptors (Lipinski definition) is 7. The molecule has 0 radical (unpaired) electrons. The van der Waals surface area contributed by atoms with Crippen LogP contribution in [0.25, 0.3) is 10.8 Å². The largest absolute Gasteiger partial charge is 0.508 e. The number of nitrogens with zero attached hydrogens (tertiary/aromatic N) is 4. The Morgan fingerprint density at radius 1 is 1.24 bits per heavy atom. The van der Waals surface area contributed by atoms with Gasteiger partial charge in [-0.15, -0.1) is 0 Å². The van der Waals surface area contributed by atoms with E-state index in [2.05, 4.69) is 27.9 Å². The first-order valence-corrected chi connectivity index (χ1v) is 9.83. The lowest BCUT2D eigenvalue weighted by Gasteiger charge is -2.37. The molecular weight excluding hydrogens is 366 g/mol. The Morgan fingerprint density at radius 3 is 2.83 bits per heavy atom. The van der Waals surface area contributed by atoms with E-state index >= 15 is 0 Å². The van der Waals surface area contributed by atoms with E-state index in [0.29, 0.717) is 25.0 Å². The SMILES string of the molecule is CC1Cc2c(N)nc(OCCN(C)C)nc2CN1c1cc(O)cc2ccccc12. The Balaban J connectivity index is 1.68. The molecular formula is C22H27N5O2. The maximum Gasteiger partial charge on any atom is 0.318 e.